The van der Waals surface area contributed by atoms with E-state index in [1.165, 1.54) is 0 Å². The minimum Gasteiger partial charge on any atom is -0.396 e. The van der Waals surface area contributed by atoms with Gasteiger partial charge in [0, 0.05) is 12.8 Å². The van der Waals surface area contributed by atoms with E-state index < -0.39 is 0 Å². The van der Waals surface area contributed by atoms with Crippen LogP contribution in [-0.2, 0) is 0 Å². The molecule has 1 fully saturated rings. The van der Waals surface area contributed by atoms with Gasteiger partial charge in [-0.1, -0.05) is 0 Å². The van der Waals surface area contributed by atoms with Crippen LogP contribution in [0.25, 0.3) is 0 Å². The van der Waals surface area contributed by atoms with Crippen LogP contribution in [0.15, 0.2) is 16.9 Å². The highest BCUT2D eigenvalue weighted by atomic mass is 79.9. The second kappa shape index (κ2) is 4.45. The molecule has 78 valence electrons. The molecule has 1 aromatic heterocycles. The van der Waals surface area contributed by atoms with E-state index in [9.17, 15) is 0 Å². The normalized spacial score (nSPS) is 27.9. The van der Waals surface area contributed by atoms with Crippen molar-refractivity contribution < 1.29 is 5.11 Å². The van der Waals surface area contributed by atoms with Gasteiger partial charge in [-0.05, 0) is 53.6 Å². The molecular formula is C10H15BrN2O. The highest BCUT2D eigenvalue weighted by Gasteiger charge is 2.21. The molecule has 1 aliphatic carbocycles. The summed E-state index contributed by atoms with van der Waals surface area (Å²) in [6.45, 7) is 0.343. The van der Waals surface area contributed by atoms with Gasteiger partial charge in [-0.25, -0.2) is 0 Å². The van der Waals surface area contributed by atoms with E-state index >= 15 is 0 Å². The molecule has 0 amide bonds. The number of aromatic nitrogens is 2. The maximum Gasteiger partial charge on any atom is 0.128 e. The number of hydrogen-bond acceptors (Lipinski definition) is 2. The summed E-state index contributed by atoms with van der Waals surface area (Å²) in [6.07, 6.45) is 6.55. The number of hydrogen-bond donors (Lipinski definition) is 1. The molecule has 1 aliphatic rings. The summed E-state index contributed by atoms with van der Waals surface area (Å²) < 4.78 is 2.94. The topological polar surface area (TPSA) is 38.0 Å². The molecule has 0 aliphatic heterocycles. The highest BCUT2D eigenvalue weighted by Crippen LogP contribution is 2.31. The Morgan fingerprint density at radius 2 is 2.14 bits per heavy atom. The predicted molar refractivity (Wildman–Crippen MR) is 58.0 cm³/mol. The highest BCUT2D eigenvalue weighted by molar-refractivity contribution is 9.10. The zero-order valence-corrected chi connectivity index (χ0v) is 9.65. The standard InChI is InChI=1S/C10H15BrN2O/c11-10-5-6-13(12-10)9-3-1-8(7-14)2-4-9/h5-6,8-9,14H,1-4,7H2. The second-order valence-corrected chi connectivity index (χ2v) is 4.79. The molecule has 1 heterocycles. The fraction of sp³-hybridized carbons (Fsp3) is 0.700. The van der Waals surface area contributed by atoms with E-state index in [2.05, 4.69) is 21.0 Å². The number of nitrogens with zero attached hydrogens (tertiary/aromatic N) is 2. The number of halogens is 1. The van der Waals surface area contributed by atoms with Crippen molar-refractivity contribution in [3.63, 3.8) is 0 Å². The number of aliphatic hydroxyl groups is 1. The summed E-state index contributed by atoms with van der Waals surface area (Å²) in [5, 5.41) is 13.4. The Morgan fingerprint density at radius 3 is 2.64 bits per heavy atom. The van der Waals surface area contributed by atoms with E-state index in [-0.39, 0.29) is 0 Å². The van der Waals surface area contributed by atoms with Crippen LogP contribution in [0.5, 0.6) is 0 Å². The summed E-state index contributed by atoms with van der Waals surface area (Å²) >= 11 is 3.35. The molecule has 0 aromatic carbocycles. The lowest BCUT2D eigenvalue weighted by atomic mass is 9.87. The van der Waals surface area contributed by atoms with Crippen molar-refractivity contribution in [1.29, 1.82) is 0 Å². The van der Waals surface area contributed by atoms with E-state index in [4.69, 9.17) is 5.11 Å². The van der Waals surface area contributed by atoms with Crippen LogP contribution in [-0.4, -0.2) is 21.5 Å². The fourth-order valence-electron chi connectivity index (χ4n) is 2.11. The lowest BCUT2D eigenvalue weighted by Gasteiger charge is -2.27. The first kappa shape index (κ1) is 10.2. The van der Waals surface area contributed by atoms with E-state index in [0.29, 0.717) is 18.6 Å². The summed E-state index contributed by atoms with van der Waals surface area (Å²) in [5.41, 5.74) is 0. The van der Waals surface area contributed by atoms with Crippen LogP contribution in [0.2, 0.25) is 0 Å². The Labute approximate surface area is 92.2 Å². The van der Waals surface area contributed by atoms with Gasteiger partial charge in [0.25, 0.3) is 0 Å². The van der Waals surface area contributed by atoms with Crippen molar-refractivity contribution in [2.75, 3.05) is 6.61 Å². The summed E-state index contributed by atoms with van der Waals surface area (Å²) in [7, 11) is 0. The van der Waals surface area contributed by atoms with Gasteiger partial charge in [-0.2, -0.15) is 5.10 Å². The maximum absolute atomic E-state index is 9.02. The summed E-state index contributed by atoms with van der Waals surface area (Å²) in [6, 6.07) is 2.50. The van der Waals surface area contributed by atoms with Crippen LogP contribution >= 0.6 is 15.9 Å². The minimum absolute atomic E-state index is 0.343. The van der Waals surface area contributed by atoms with Gasteiger partial charge in [-0.15, -0.1) is 0 Å². The third-order valence-electron chi connectivity index (χ3n) is 3.02. The molecule has 0 spiro atoms. The SMILES string of the molecule is OCC1CCC(n2ccc(Br)n2)CC1. The minimum atomic E-state index is 0.343. The monoisotopic (exact) mass is 258 g/mol. The molecule has 2 rings (SSSR count). The molecule has 1 N–H and O–H groups in total. The first-order valence-corrected chi connectivity index (χ1v) is 5.90. The van der Waals surface area contributed by atoms with Gasteiger partial charge < -0.3 is 5.11 Å². The van der Waals surface area contributed by atoms with Gasteiger partial charge in [0.15, 0.2) is 0 Å². The first-order chi connectivity index (χ1) is 6.79. The van der Waals surface area contributed by atoms with Crippen LogP contribution in [0.1, 0.15) is 31.7 Å². The average molecular weight is 259 g/mol. The van der Waals surface area contributed by atoms with Crippen molar-refractivity contribution in [2.24, 2.45) is 5.92 Å². The molecule has 0 radical (unpaired) electrons. The Balaban J connectivity index is 1.95. The molecule has 0 atom stereocenters. The van der Waals surface area contributed by atoms with Gasteiger partial charge in [-0.3, -0.25) is 4.68 Å². The van der Waals surface area contributed by atoms with E-state index in [0.717, 1.165) is 30.3 Å². The lowest BCUT2D eigenvalue weighted by Crippen LogP contribution is -2.20. The zero-order chi connectivity index (χ0) is 9.97. The van der Waals surface area contributed by atoms with Crippen LogP contribution in [0.3, 0.4) is 0 Å². The second-order valence-electron chi connectivity index (χ2n) is 3.98. The van der Waals surface area contributed by atoms with Gasteiger partial charge in [0.05, 0.1) is 6.04 Å². The summed E-state index contributed by atoms with van der Waals surface area (Å²) in [4.78, 5) is 0. The predicted octanol–water partition coefficient (Wildman–Crippen LogP) is 2.37. The maximum atomic E-state index is 9.02. The van der Waals surface area contributed by atoms with Crippen molar-refractivity contribution in [1.82, 2.24) is 9.78 Å². The molecule has 1 aromatic rings. The molecule has 4 heteroatoms. The largest absolute Gasteiger partial charge is 0.396 e. The van der Waals surface area contributed by atoms with Crippen LogP contribution in [0, 0.1) is 5.92 Å². The van der Waals surface area contributed by atoms with Crippen LogP contribution in [0.4, 0.5) is 0 Å². The Bertz CT molecular complexity index is 292. The third-order valence-corrected chi connectivity index (χ3v) is 3.45. The van der Waals surface area contributed by atoms with Crippen molar-refractivity contribution in [2.45, 2.75) is 31.7 Å². The zero-order valence-electron chi connectivity index (χ0n) is 8.06. The smallest absolute Gasteiger partial charge is 0.128 e. The van der Waals surface area contributed by atoms with Crippen molar-refractivity contribution in [3.05, 3.63) is 16.9 Å². The molecule has 14 heavy (non-hydrogen) atoms. The number of rotatable bonds is 2. The van der Waals surface area contributed by atoms with Crippen molar-refractivity contribution in [3.8, 4) is 0 Å². The summed E-state index contributed by atoms with van der Waals surface area (Å²) in [5.74, 6) is 0.519. The Kier molecular flexibility index (Phi) is 3.23. The molecule has 0 unspecified atom stereocenters. The molecule has 1 saturated carbocycles. The fourth-order valence-corrected chi connectivity index (χ4v) is 2.41. The Morgan fingerprint density at radius 1 is 1.43 bits per heavy atom. The molecular weight excluding hydrogens is 244 g/mol. The van der Waals surface area contributed by atoms with E-state index in [1.807, 2.05) is 16.9 Å². The number of aliphatic hydroxyl groups excluding tert-OH is 1. The lowest BCUT2D eigenvalue weighted by molar-refractivity contribution is 0.165. The van der Waals surface area contributed by atoms with Gasteiger partial charge in [0.1, 0.15) is 4.60 Å². The molecule has 0 bridgehead atoms. The van der Waals surface area contributed by atoms with E-state index in [1.54, 1.807) is 0 Å². The average Bonchev–Trinajstić information content (AvgIpc) is 2.65. The first-order valence-electron chi connectivity index (χ1n) is 5.11. The van der Waals surface area contributed by atoms with Crippen LogP contribution < -0.4 is 0 Å². The quantitative estimate of drug-likeness (QED) is 0.885. The van der Waals surface area contributed by atoms with Crippen molar-refractivity contribution >= 4 is 15.9 Å². The Hall–Kier alpha value is -0.350. The van der Waals surface area contributed by atoms with Gasteiger partial charge >= 0.3 is 0 Å². The molecule has 3 nitrogen and oxygen atoms in total. The van der Waals surface area contributed by atoms with Gasteiger partial charge in [0.2, 0.25) is 0 Å². The molecule has 0 saturated heterocycles. The third kappa shape index (κ3) is 2.17.